The Kier molecular flexibility index (Phi) is 2.65. The molecule has 0 spiro atoms. The third-order valence-electron chi connectivity index (χ3n) is 2.89. The molecule has 88 valence electrons. The van der Waals surface area contributed by atoms with Crippen LogP contribution in [0.1, 0.15) is 0 Å². The third kappa shape index (κ3) is 1.91. The molecule has 0 radical (unpaired) electrons. The van der Waals surface area contributed by atoms with Crippen LogP contribution >= 0.6 is 11.6 Å². The number of nitrogens with two attached hydrogens (primary N) is 1. The van der Waals surface area contributed by atoms with Crippen molar-refractivity contribution in [3.05, 3.63) is 59.6 Å². The quantitative estimate of drug-likeness (QED) is 0.663. The number of rotatable bonds is 1. The summed E-state index contributed by atoms with van der Waals surface area (Å²) in [6, 6.07) is 17.4. The predicted octanol–water partition coefficient (Wildman–Crippen LogP) is 4.14. The molecule has 2 aromatic carbocycles. The van der Waals surface area contributed by atoms with Crippen LogP contribution in [0.2, 0.25) is 5.02 Å². The highest BCUT2D eigenvalue weighted by molar-refractivity contribution is 6.31. The van der Waals surface area contributed by atoms with Crippen LogP contribution in [0.15, 0.2) is 54.6 Å². The second-order valence-corrected chi connectivity index (χ2v) is 4.56. The van der Waals surface area contributed by atoms with Crippen molar-refractivity contribution < 1.29 is 0 Å². The smallest absolute Gasteiger partial charge is 0.0730 e. The van der Waals surface area contributed by atoms with Crippen molar-refractivity contribution in [2.45, 2.75) is 0 Å². The van der Waals surface area contributed by atoms with Gasteiger partial charge in [0.15, 0.2) is 0 Å². The lowest BCUT2D eigenvalue weighted by atomic mass is 10.1. The van der Waals surface area contributed by atoms with Gasteiger partial charge in [0.1, 0.15) is 0 Å². The maximum atomic E-state index is 6.00. The van der Waals surface area contributed by atoms with Gasteiger partial charge in [-0.3, -0.25) is 0 Å². The minimum absolute atomic E-state index is 0.661. The Morgan fingerprint density at radius 2 is 1.78 bits per heavy atom. The Balaban J connectivity index is 2.22. The lowest BCUT2D eigenvalue weighted by Gasteiger charge is -2.06. The minimum atomic E-state index is 0.661. The Labute approximate surface area is 110 Å². The zero-order chi connectivity index (χ0) is 12.5. The minimum Gasteiger partial charge on any atom is -0.398 e. The van der Waals surface area contributed by atoms with E-state index in [0.717, 1.165) is 22.2 Å². The van der Waals surface area contributed by atoms with E-state index in [1.54, 1.807) is 12.1 Å². The van der Waals surface area contributed by atoms with Gasteiger partial charge in [-0.2, -0.15) is 0 Å². The van der Waals surface area contributed by atoms with Gasteiger partial charge in [0.25, 0.3) is 0 Å². The molecule has 1 heterocycles. The van der Waals surface area contributed by atoms with Crippen LogP contribution in [0.5, 0.6) is 0 Å². The summed E-state index contributed by atoms with van der Waals surface area (Å²) in [6.45, 7) is 0. The van der Waals surface area contributed by atoms with Crippen LogP contribution in [0.3, 0.4) is 0 Å². The summed E-state index contributed by atoms with van der Waals surface area (Å²) in [7, 11) is 0. The van der Waals surface area contributed by atoms with Gasteiger partial charge in [0, 0.05) is 21.7 Å². The second-order valence-electron chi connectivity index (χ2n) is 4.12. The van der Waals surface area contributed by atoms with E-state index in [9.17, 15) is 0 Å². The molecule has 2 nitrogen and oxygen atoms in total. The van der Waals surface area contributed by atoms with E-state index < -0.39 is 0 Å². The molecule has 0 aliphatic carbocycles. The molecule has 3 aromatic rings. The fraction of sp³-hybridized carbons (Fsp3) is 0. The number of aromatic nitrogens is 1. The molecule has 0 amide bonds. The molecular formula is C15H11ClN2. The Morgan fingerprint density at radius 1 is 0.944 bits per heavy atom. The molecule has 0 unspecified atom stereocenters. The molecule has 0 atom stereocenters. The Hall–Kier alpha value is -2.06. The van der Waals surface area contributed by atoms with Crippen LogP contribution < -0.4 is 5.73 Å². The van der Waals surface area contributed by atoms with E-state index in [2.05, 4.69) is 4.98 Å². The van der Waals surface area contributed by atoms with E-state index in [1.165, 1.54) is 0 Å². The van der Waals surface area contributed by atoms with Crippen molar-refractivity contribution in [3.8, 4) is 11.3 Å². The molecule has 0 aliphatic rings. The van der Waals surface area contributed by atoms with Crippen molar-refractivity contribution in [3.63, 3.8) is 0 Å². The van der Waals surface area contributed by atoms with Gasteiger partial charge >= 0.3 is 0 Å². The Bertz CT molecular complexity index is 723. The summed E-state index contributed by atoms with van der Waals surface area (Å²) in [6.07, 6.45) is 0. The number of fused-ring (bicyclic) bond motifs is 1. The van der Waals surface area contributed by atoms with Gasteiger partial charge in [-0.1, -0.05) is 35.9 Å². The first-order valence-corrected chi connectivity index (χ1v) is 6.03. The van der Waals surface area contributed by atoms with E-state index in [0.29, 0.717) is 10.7 Å². The van der Waals surface area contributed by atoms with Gasteiger partial charge in [-0.15, -0.1) is 0 Å². The lowest BCUT2D eigenvalue weighted by molar-refractivity contribution is 1.40. The molecular weight excluding hydrogens is 244 g/mol. The molecule has 2 N–H and O–H groups in total. The molecule has 0 saturated heterocycles. The number of nitrogen functional groups attached to an aromatic ring is 1. The maximum Gasteiger partial charge on any atom is 0.0730 e. The number of para-hydroxylation sites is 1. The zero-order valence-corrected chi connectivity index (χ0v) is 10.4. The van der Waals surface area contributed by atoms with Gasteiger partial charge in [0.05, 0.1) is 11.2 Å². The maximum absolute atomic E-state index is 6.00. The molecule has 3 rings (SSSR count). The van der Waals surface area contributed by atoms with Gasteiger partial charge < -0.3 is 5.73 Å². The van der Waals surface area contributed by atoms with E-state index in [1.807, 2.05) is 42.5 Å². The van der Waals surface area contributed by atoms with Crippen LogP contribution in [0, 0.1) is 0 Å². The fourth-order valence-electron chi connectivity index (χ4n) is 1.97. The van der Waals surface area contributed by atoms with E-state index >= 15 is 0 Å². The average molecular weight is 255 g/mol. The summed E-state index contributed by atoms with van der Waals surface area (Å²) in [5, 5.41) is 1.77. The summed E-state index contributed by atoms with van der Waals surface area (Å²) in [4.78, 5) is 4.61. The topological polar surface area (TPSA) is 38.9 Å². The molecule has 0 bridgehead atoms. The van der Waals surface area contributed by atoms with Crippen molar-refractivity contribution >= 4 is 28.2 Å². The molecule has 3 heteroatoms. The van der Waals surface area contributed by atoms with Crippen LogP contribution in [-0.2, 0) is 0 Å². The number of pyridine rings is 1. The van der Waals surface area contributed by atoms with Gasteiger partial charge in [-0.25, -0.2) is 4.98 Å². The summed E-state index contributed by atoms with van der Waals surface area (Å²) >= 11 is 6.00. The van der Waals surface area contributed by atoms with Gasteiger partial charge in [0.2, 0.25) is 0 Å². The average Bonchev–Trinajstić information content (AvgIpc) is 2.41. The Morgan fingerprint density at radius 3 is 2.67 bits per heavy atom. The van der Waals surface area contributed by atoms with Crippen molar-refractivity contribution in [1.82, 2.24) is 4.98 Å². The summed E-state index contributed by atoms with van der Waals surface area (Å²) in [5.41, 5.74) is 9.31. The van der Waals surface area contributed by atoms with E-state index in [-0.39, 0.29) is 0 Å². The highest BCUT2D eigenvalue weighted by atomic mass is 35.5. The number of halogens is 1. The number of benzene rings is 2. The number of nitrogens with zero attached hydrogens (tertiary/aromatic N) is 1. The standard InChI is InChI=1S/C15H11ClN2/c16-11-6-7-13(17)12(9-11)15-8-5-10-3-1-2-4-14(10)18-15/h1-9H,17H2. The van der Waals surface area contributed by atoms with E-state index in [4.69, 9.17) is 17.3 Å². The monoisotopic (exact) mass is 254 g/mol. The second kappa shape index (κ2) is 4.31. The van der Waals surface area contributed by atoms with Crippen molar-refractivity contribution in [2.24, 2.45) is 0 Å². The normalized spacial score (nSPS) is 10.7. The fourth-order valence-corrected chi connectivity index (χ4v) is 2.14. The van der Waals surface area contributed by atoms with Crippen molar-refractivity contribution in [1.29, 1.82) is 0 Å². The first-order valence-electron chi connectivity index (χ1n) is 5.65. The third-order valence-corrected chi connectivity index (χ3v) is 3.12. The molecule has 0 saturated carbocycles. The molecule has 0 fully saturated rings. The lowest BCUT2D eigenvalue weighted by Crippen LogP contribution is -1.92. The zero-order valence-electron chi connectivity index (χ0n) is 9.60. The van der Waals surface area contributed by atoms with Crippen LogP contribution in [0.25, 0.3) is 22.2 Å². The molecule has 18 heavy (non-hydrogen) atoms. The number of hydrogen-bond donors (Lipinski definition) is 1. The van der Waals surface area contributed by atoms with Gasteiger partial charge in [-0.05, 0) is 30.3 Å². The molecule has 1 aromatic heterocycles. The SMILES string of the molecule is Nc1ccc(Cl)cc1-c1ccc2ccccc2n1. The number of hydrogen-bond acceptors (Lipinski definition) is 2. The highest BCUT2D eigenvalue weighted by Crippen LogP contribution is 2.28. The number of anilines is 1. The first-order chi connectivity index (χ1) is 8.74. The first kappa shape index (κ1) is 11.1. The summed E-state index contributed by atoms with van der Waals surface area (Å²) in [5.74, 6) is 0. The van der Waals surface area contributed by atoms with Crippen LogP contribution in [-0.4, -0.2) is 4.98 Å². The van der Waals surface area contributed by atoms with Crippen LogP contribution in [0.4, 0.5) is 5.69 Å². The molecule has 0 aliphatic heterocycles. The van der Waals surface area contributed by atoms with Crippen molar-refractivity contribution in [2.75, 3.05) is 5.73 Å². The largest absolute Gasteiger partial charge is 0.398 e. The highest BCUT2D eigenvalue weighted by Gasteiger charge is 2.05. The predicted molar refractivity (Wildman–Crippen MR) is 76.6 cm³/mol. The summed E-state index contributed by atoms with van der Waals surface area (Å²) < 4.78 is 0.